The summed E-state index contributed by atoms with van der Waals surface area (Å²) in [5.74, 6) is -2.08. The number of nitrogens with one attached hydrogen (secondary N) is 1. The van der Waals surface area contributed by atoms with Gasteiger partial charge in [-0.15, -0.1) is 0 Å². The lowest BCUT2D eigenvalue weighted by Crippen LogP contribution is -2.44. The molecule has 0 saturated carbocycles. The number of carbonyl (C=O) groups is 2. The van der Waals surface area contributed by atoms with Crippen molar-refractivity contribution in [1.29, 1.82) is 0 Å². The Hall–Kier alpha value is -2.63. The molecule has 0 bridgehead atoms. The molecule has 0 saturated heterocycles. The fourth-order valence-electron chi connectivity index (χ4n) is 3.16. The highest BCUT2D eigenvalue weighted by Gasteiger charge is 2.28. The average Bonchev–Trinajstić information content (AvgIpc) is 2.72. The summed E-state index contributed by atoms with van der Waals surface area (Å²) < 4.78 is 0.741. The number of hydrogen-bond donors (Lipinski definition) is 2. The first-order valence-electron chi connectivity index (χ1n) is 9.02. The number of hydrogen-bond acceptors (Lipinski definition) is 2. The van der Waals surface area contributed by atoms with Crippen LogP contribution in [0.5, 0.6) is 0 Å². The molecule has 1 amide bonds. The van der Waals surface area contributed by atoms with Crippen molar-refractivity contribution in [3.63, 3.8) is 0 Å². The maximum absolute atomic E-state index is 13.2. The molecule has 0 fully saturated rings. The molecule has 0 heterocycles. The van der Waals surface area contributed by atoms with Crippen LogP contribution >= 0.6 is 27.5 Å². The first-order chi connectivity index (χ1) is 14.0. The van der Waals surface area contributed by atoms with Crippen molar-refractivity contribution in [2.45, 2.75) is 18.4 Å². The summed E-state index contributed by atoms with van der Waals surface area (Å²) in [6, 6.07) is 22.7. The van der Waals surface area contributed by atoms with Crippen LogP contribution in [0.25, 0.3) is 0 Å². The van der Waals surface area contributed by atoms with Crippen molar-refractivity contribution in [2.75, 3.05) is 0 Å². The van der Waals surface area contributed by atoms with E-state index in [9.17, 15) is 14.7 Å². The van der Waals surface area contributed by atoms with E-state index in [1.54, 1.807) is 18.2 Å². The number of carbonyl (C=O) groups excluding carboxylic acids is 1. The molecule has 0 aliphatic carbocycles. The predicted molar refractivity (Wildman–Crippen MR) is 117 cm³/mol. The van der Waals surface area contributed by atoms with Gasteiger partial charge in [0.2, 0.25) is 5.91 Å². The van der Waals surface area contributed by atoms with Crippen LogP contribution in [0.4, 0.5) is 0 Å². The van der Waals surface area contributed by atoms with Crippen molar-refractivity contribution < 1.29 is 14.7 Å². The van der Waals surface area contributed by atoms with E-state index in [2.05, 4.69) is 21.2 Å². The Morgan fingerprint density at radius 2 is 1.48 bits per heavy atom. The monoisotopic (exact) mass is 471 g/mol. The van der Waals surface area contributed by atoms with Crippen LogP contribution in [-0.4, -0.2) is 23.0 Å². The van der Waals surface area contributed by atoms with Gasteiger partial charge in [-0.1, -0.05) is 88.2 Å². The molecule has 0 aliphatic heterocycles. The number of halogens is 2. The SMILES string of the molecule is O=C(N[C@H](Cc1cc(Cl)ccc1Br)C(=O)O)C(c1ccccc1)c1ccccc1. The standard InChI is InChI=1S/C23H19BrClNO3/c24-19-12-11-18(25)13-17(19)14-20(23(28)29)26-22(27)21(15-7-3-1-4-8-15)16-9-5-2-6-10-16/h1-13,20-21H,14H2,(H,26,27)(H,28,29)/t20-/m1/s1. The maximum atomic E-state index is 13.2. The number of amides is 1. The lowest BCUT2D eigenvalue weighted by molar-refractivity contribution is -0.141. The highest BCUT2D eigenvalue weighted by atomic mass is 79.9. The van der Waals surface area contributed by atoms with E-state index in [-0.39, 0.29) is 12.3 Å². The van der Waals surface area contributed by atoms with Gasteiger partial charge < -0.3 is 10.4 Å². The largest absolute Gasteiger partial charge is 0.480 e. The summed E-state index contributed by atoms with van der Waals surface area (Å²) in [5, 5.41) is 12.9. The molecule has 0 spiro atoms. The van der Waals surface area contributed by atoms with Crippen molar-refractivity contribution in [2.24, 2.45) is 0 Å². The van der Waals surface area contributed by atoms with Gasteiger partial charge in [0.05, 0.1) is 5.92 Å². The summed E-state index contributed by atoms with van der Waals surface area (Å²) in [5.41, 5.74) is 2.30. The predicted octanol–water partition coefficient (Wildman–Crippen LogP) is 5.05. The summed E-state index contributed by atoms with van der Waals surface area (Å²) in [7, 11) is 0. The summed E-state index contributed by atoms with van der Waals surface area (Å²) in [4.78, 5) is 25.1. The molecule has 0 aromatic heterocycles. The van der Waals surface area contributed by atoms with Crippen LogP contribution in [-0.2, 0) is 16.0 Å². The van der Waals surface area contributed by atoms with Crippen LogP contribution in [0.2, 0.25) is 5.02 Å². The minimum absolute atomic E-state index is 0.110. The molecule has 0 unspecified atom stereocenters. The fourth-order valence-corrected chi connectivity index (χ4v) is 3.76. The minimum Gasteiger partial charge on any atom is -0.480 e. The second-order valence-electron chi connectivity index (χ2n) is 6.59. The van der Waals surface area contributed by atoms with E-state index < -0.39 is 17.9 Å². The van der Waals surface area contributed by atoms with Gasteiger partial charge in [0.15, 0.2) is 0 Å². The lowest BCUT2D eigenvalue weighted by Gasteiger charge is -2.22. The Morgan fingerprint density at radius 1 is 0.931 bits per heavy atom. The van der Waals surface area contributed by atoms with Gasteiger partial charge in [-0.25, -0.2) is 4.79 Å². The van der Waals surface area contributed by atoms with Gasteiger partial charge in [0, 0.05) is 15.9 Å². The average molecular weight is 473 g/mol. The normalized spacial score (nSPS) is 11.8. The number of aliphatic carboxylic acids is 1. The second kappa shape index (κ2) is 9.72. The Bertz CT molecular complexity index is 956. The molecule has 1 atom stereocenters. The summed E-state index contributed by atoms with van der Waals surface area (Å²) >= 11 is 9.45. The Balaban J connectivity index is 1.88. The lowest BCUT2D eigenvalue weighted by atomic mass is 9.90. The molecule has 4 nitrogen and oxygen atoms in total. The smallest absolute Gasteiger partial charge is 0.326 e. The molecule has 3 aromatic rings. The molecule has 0 radical (unpaired) electrons. The zero-order valence-electron chi connectivity index (χ0n) is 15.4. The van der Waals surface area contributed by atoms with Gasteiger partial charge in [0.25, 0.3) is 0 Å². The highest BCUT2D eigenvalue weighted by Crippen LogP contribution is 2.26. The first kappa shape index (κ1) is 21.1. The molecule has 6 heteroatoms. The number of carboxylic acid groups (broad SMARTS) is 1. The molecular weight excluding hydrogens is 454 g/mol. The summed E-state index contributed by atoms with van der Waals surface area (Å²) in [6.07, 6.45) is 0.110. The Kier molecular flexibility index (Phi) is 7.07. The van der Waals surface area contributed by atoms with Crippen LogP contribution in [0, 0.1) is 0 Å². The van der Waals surface area contributed by atoms with Crippen LogP contribution < -0.4 is 5.32 Å². The second-order valence-corrected chi connectivity index (χ2v) is 7.88. The molecule has 3 aromatic carbocycles. The number of rotatable bonds is 7. The maximum Gasteiger partial charge on any atom is 0.326 e. The van der Waals surface area contributed by atoms with E-state index in [0.717, 1.165) is 15.6 Å². The van der Waals surface area contributed by atoms with Gasteiger partial charge in [-0.05, 0) is 34.9 Å². The highest BCUT2D eigenvalue weighted by molar-refractivity contribution is 9.10. The molecule has 29 heavy (non-hydrogen) atoms. The van der Waals surface area contributed by atoms with E-state index in [1.807, 2.05) is 60.7 Å². The van der Waals surface area contributed by atoms with Crippen molar-refractivity contribution >= 4 is 39.4 Å². The molecule has 0 aliphatic rings. The number of carboxylic acids is 1. The van der Waals surface area contributed by atoms with Crippen LogP contribution in [0.3, 0.4) is 0 Å². The van der Waals surface area contributed by atoms with Gasteiger partial charge >= 0.3 is 5.97 Å². The Labute approximate surface area is 182 Å². The van der Waals surface area contributed by atoms with Gasteiger partial charge in [-0.2, -0.15) is 0 Å². The zero-order chi connectivity index (χ0) is 20.8. The quantitative estimate of drug-likeness (QED) is 0.506. The minimum atomic E-state index is -1.11. The third-order valence-corrected chi connectivity index (χ3v) is 5.58. The van der Waals surface area contributed by atoms with Gasteiger partial charge in [0.1, 0.15) is 6.04 Å². The first-order valence-corrected chi connectivity index (χ1v) is 10.2. The van der Waals surface area contributed by atoms with E-state index in [0.29, 0.717) is 10.6 Å². The third kappa shape index (κ3) is 5.46. The third-order valence-electron chi connectivity index (χ3n) is 4.57. The van der Waals surface area contributed by atoms with Crippen molar-refractivity contribution in [3.05, 3.63) is 105 Å². The molecule has 2 N–H and O–H groups in total. The molecule has 148 valence electrons. The molecular formula is C23H19BrClNO3. The molecule has 3 rings (SSSR count). The zero-order valence-corrected chi connectivity index (χ0v) is 17.7. The van der Waals surface area contributed by atoms with Crippen molar-refractivity contribution in [3.8, 4) is 0 Å². The van der Waals surface area contributed by atoms with E-state index in [4.69, 9.17) is 11.6 Å². The summed E-state index contributed by atoms with van der Waals surface area (Å²) in [6.45, 7) is 0. The topological polar surface area (TPSA) is 66.4 Å². The fraction of sp³-hybridized carbons (Fsp3) is 0.130. The van der Waals surface area contributed by atoms with Crippen LogP contribution in [0.15, 0.2) is 83.3 Å². The van der Waals surface area contributed by atoms with Crippen molar-refractivity contribution in [1.82, 2.24) is 5.32 Å². The Morgan fingerprint density at radius 3 is 2.00 bits per heavy atom. The van der Waals surface area contributed by atoms with Crippen LogP contribution in [0.1, 0.15) is 22.6 Å². The van der Waals surface area contributed by atoms with E-state index in [1.165, 1.54) is 0 Å². The van der Waals surface area contributed by atoms with E-state index >= 15 is 0 Å². The van der Waals surface area contributed by atoms with Gasteiger partial charge in [-0.3, -0.25) is 4.79 Å². The number of benzene rings is 3.